The maximum atomic E-state index is 11.5. The highest BCUT2D eigenvalue weighted by Crippen LogP contribution is 2.02. The highest BCUT2D eigenvalue weighted by molar-refractivity contribution is 7.80. The zero-order valence-corrected chi connectivity index (χ0v) is 9.59. The Labute approximate surface area is 97.6 Å². The maximum absolute atomic E-state index is 11.5. The summed E-state index contributed by atoms with van der Waals surface area (Å²) in [5, 5.41) is 2.93. The number of amides is 1. The van der Waals surface area contributed by atoms with E-state index in [0.29, 0.717) is 5.11 Å². The van der Waals surface area contributed by atoms with E-state index in [9.17, 15) is 4.79 Å². The molecule has 16 heavy (non-hydrogen) atoms. The molecule has 0 aromatic carbocycles. The van der Waals surface area contributed by atoms with Gasteiger partial charge in [0.1, 0.15) is 0 Å². The number of methoxy groups -OCH3 is 1. The van der Waals surface area contributed by atoms with Crippen LogP contribution in [-0.4, -0.2) is 35.1 Å². The van der Waals surface area contributed by atoms with Crippen LogP contribution >= 0.6 is 12.2 Å². The Hall–Kier alpha value is -1.96. The van der Waals surface area contributed by atoms with Crippen molar-refractivity contribution >= 4 is 23.2 Å². The zero-order valence-electron chi connectivity index (χ0n) is 8.77. The van der Waals surface area contributed by atoms with Crippen LogP contribution in [0.3, 0.4) is 0 Å². The predicted octanol–water partition coefficient (Wildman–Crippen LogP) is -0.776. The van der Waals surface area contributed by atoms with Gasteiger partial charge in [0.05, 0.1) is 19.5 Å². The maximum Gasteiger partial charge on any atom is 0.290 e. The zero-order chi connectivity index (χ0) is 12.0. The van der Waals surface area contributed by atoms with Gasteiger partial charge in [0.25, 0.3) is 5.91 Å². The lowest BCUT2D eigenvalue weighted by atomic mass is 10.4. The normalized spacial score (nSPS) is 9.12. The van der Waals surface area contributed by atoms with Crippen LogP contribution in [-0.2, 0) is 0 Å². The van der Waals surface area contributed by atoms with Crippen molar-refractivity contribution in [1.29, 1.82) is 0 Å². The molecule has 0 atom stereocenters. The van der Waals surface area contributed by atoms with Crippen molar-refractivity contribution in [2.75, 3.05) is 14.2 Å². The Bertz CT molecular complexity index is 398. The summed E-state index contributed by atoms with van der Waals surface area (Å²) in [4.78, 5) is 19.2. The first-order valence-electron chi connectivity index (χ1n) is 4.31. The molecular weight excluding hydrogens is 230 g/mol. The number of thiocarbonyl (C=S) groups is 1. The minimum absolute atomic E-state index is 0.130. The molecule has 86 valence electrons. The van der Waals surface area contributed by atoms with Crippen LogP contribution in [0.2, 0.25) is 0 Å². The van der Waals surface area contributed by atoms with E-state index in [-0.39, 0.29) is 11.6 Å². The lowest BCUT2D eigenvalue weighted by molar-refractivity contribution is 0.0937. The number of nitrogens with zero attached hydrogens (tertiary/aromatic N) is 2. The third kappa shape index (κ3) is 3.31. The molecule has 1 aromatic heterocycles. The number of ether oxygens (including phenoxy) is 1. The Morgan fingerprint density at radius 3 is 2.81 bits per heavy atom. The molecule has 1 aromatic rings. The molecular formula is C8H11N5O2S. The van der Waals surface area contributed by atoms with Crippen molar-refractivity contribution in [1.82, 2.24) is 26.1 Å². The number of carbonyl (C=O) groups is 1. The summed E-state index contributed by atoms with van der Waals surface area (Å²) in [6, 6.07) is 0. The van der Waals surface area contributed by atoms with Gasteiger partial charge in [0.2, 0.25) is 5.88 Å². The molecule has 1 amide bonds. The van der Waals surface area contributed by atoms with E-state index < -0.39 is 5.91 Å². The average molecular weight is 241 g/mol. The first kappa shape index (κ1) is 12.1. The number of aromatic nitrogens is 2. The molecule has 8 heteroatoms. The summed E-state index contributed by atoms with van der Waals surface area (Å²) in [5.74, 6) is -0.187. The molecule has 0 bridgehead atoms. The predicted molar refractivity (Wildman–Crippen MR) is 60.8 cm³/mol. The van der Waals surface area contributed by atoms with Gasteiger partial charge in [0.15, 0.2) is 10.8 Å². The monoisotopic (exact) mass is 241 g/mol. The van der Waals surface area contributed by atoms with E-state index in [1.165, 1.54) is 19.5 Å². The largest absolute Gasteiger partial charge is 0.480 e. The van der Waals surface area contributed by atoms with E-state index in [1.54, 1.807) is 7.05 Å². The Kier molecular flexibility index (Phi) is 4.40. The second-order valence-corrected chi connectivity index (χ2v) is 3.01. The summed E-state index contributed by atoms with van der Waals surface area (Å²) in [6.45, 7) is 0. The molecule has 0 aliphatic carbocycles. The molecule has 0 spiro atoms. The van der Waals surface area contributed by atoms with Crippen LogP contribution in [0.4, 0.5) is 0 Å². The van der Waals surface area contributed by atoms with Gasteiger partial charge in [-0.25, -0.2) is 4.98 Å². The number of rotatable bonds is 2. The average Bonchev–Trinajstić information content (AvgIpc) is 2.35. The fourth-order valence-electron chi connectivity index (χ4n) is 0.796. The van der Waals surface area contributed by atoms with E-state index in [2.05, 4.69) is 26.1 Å². The SMILES string of the molecule is CNC(=S)NNC(=O)c1cncc(OC)n1. The number of hydrogen-bond donors (Lipinski definition) is 3. The van der Waals surface area contributed by atoms with Gasteiger partial charge in [-0.05, 0) is 12.2 Å². The van der Waals surface area contributed by atoms with Crippen LogP contribution in [0.25, 0.3) is 0 Å². The molecule has 1 rings (SSSR count). The molecule has 0 aliphatic rings. The Morgan fingerprint density at radius 1 is 1.44 bits per heavy atom. The van der Waals surface area contributed by atoms with Crippen molar-refractivity contribution in [3.05, 3.63) is 18.1 Å². The molecule has 7 nitrogen and oxygen atoms in total. The molecule has 0 fully saturated rings. The topological polar surface area (TPSA) is 88.2 Å². The summed E-state index contributed by atoms with van der Waals surface area (Å²) >= 11 is 4.77. The minimum Gasteiger partial charge on any atom is -0.480 e. The van der Waals surface area contributed by atoms with Gasteiger partial charge < -0.3 is 10.1 Å². The molecule has 0 radical (unpaired) electrons. The van der Waals surface area contributed by atoms with Gasteiger partial charge in [0, 0.05) is 7.05 Å². The van der Waals surface area contributed by atoms with Crippen LogP contribution < -0.4 is 20.9 Å². The highest BCUT2D eigenvalue weighted by Gasteiger charge is 2.08. The highest BCUT2D eigenvalue weighted by atomic mass is 32.1. The third-order valence-corrected chi connectivity index (χ3v) is 1.88. The fraction of sp³-hybridized carbons (Fsp3) is 0.250. The lowest BCUT2D eigenvalue weighted by Crippen LogP contribution is -2.45. The van der Waals surface area contributed by atoms with Crippen molar-refractivity contribution in [2.45, 2.75) is 0 Å². The van der Waals surface area contributed by atoms with Gasteiger partial charge in [-0.2, -0.15) is 0 Å². The van der Waals surface area contributed by atoms with Crippen LogP contribution in [0.5, 0.6) is 5.88 Å². The third-order valence-electron chi connectivity index (χ3n) is 1.57. The summed E-state index contributed by atoms with van der Waals surface area (Å²) < 4.78 is 4.84. The molecule has 1 heterocycles. The number of hydrazine groups is 1. The van der Waals surface area contributed by atoms with E-state index >= 15 is 0 Å². The molecule has 0 saturated heterocycles. The quantitative estimate of drug-likeness (QED) is 0.462. The second kappa shape index (κ2) is 5.81. The van der Waals surface area contributed by atoms with Gasteiger partial charge in [-0.3, -0.25) is 20.6 Å². The number of hydrogen-bond acceptors (Lipinski definition) is 5. The van der Waals surface area contributed by atoms with Crippen molar-refractivity contribution in [3.8, 4) is 5.88 Å². The molecule has 0 aliphatic heterocycles. The van der Waals surface area contributed by atoms with Crippen molar-refractivity contribution in [2.24, 2.45) is 0 Å². The smallest absolute Gasteiger partial charge is 0.290 e. The Morgan fingerprint density at radius 2 is 2.19 bits per heavy atom. The van der Waals surface area contributed by atoms with Crippen LogP contribution in [0.15, 0.2) is 12.4 Å². The van der Waals surface area contributed by atoms with Crippen molar-refractivity contribution in [3.63, 3.8) is 0 Å². The van der Waals surface area contributed by atoms with Gasteiger partial charge >= 0.3 is 0 Å². The molecule has 0 unspecified atom stereocenters. The fourth-order valence-corrected chi connectivity index (χ4v) is 0.847. The van der Waals surface area contributed by atoms with Crippen molar-refractivity contribution < 1.29 is 9.53 Å². The first-order valence-corrected chi connectivity index (χ1v) is 4.72. The number of carbonyl (C=O) groups excluding carboxylic acids is 1. The molecule has 0 saturated carbocycles. The summed E-state index contributed by atoms with van der Waals surface area (Å²) in [6.07, 6.45) is 2.73. The van der Waals surface area contributed by atoms with Gasteiger partial charge in [-0.15, -0.1) is 0 Å². The van der Waals surface area contributed by atoms with Crippen LogP contribution in [0, 0.1) is 0 Å². The molecule has 3 N–H and O–H groups in total. The van der Waals surface area contributed by atoms with E-state index in [4.69, 9.17) is 17.0 Å². The Balaban J connectivity index is 2.62. The summed E-state index contributed by atoms with van der Waals surface area (Å²) in [5.41, 5.74) is 4.96. The van der Waals surface area contributed by atoms with E-state index in [0.717, 1.165) is 0 Å². The number of nitrogens with one attached hydrogen (secondary N) is 3. The second-order valence-electron chi connectivity index (χ2n) is 2.60. The minimum atomic E-state index is -0.455. The standard InChI is InChI=1S/C8H11N5O2S/c1-9-8(16)13-12-7(14)5-3-10-4-6(11-5)15-2/h3-4H,1-2H3,(H,12,14)(H2,9,13,16). The first-order chi connectivity index (χ1) is 7.67. The lowest BCUT2D eigenvalue weighted by Gasteiger charge is -2.08. The van der Waals surface area contributed by atoms with E-state index in [1.807, 2.05) is 0 Å². The summed E-state index contributed by atoms with van der Waals surface area (Å²) in [7, 11) is 3.08. The van der Waals surface area contributed by atoms with Gasteiger partial charge in [-0.1, -0.05) is 0 Å². The van der Waals surface area contributed by atoms with Crippen LogP contribution in [0.1, 0.15) is 10.5 Å².